The number of rotatable bonds is 6. The highest BCUT2D eigenvalue weighted by atomic mass is 32.2. The summed E-state index contributed by atoms with van der Waals surface area (Å²) in [4.78, 5) is 25.0. The van der Waals surface area contributed by atoms with Crippen LogP contribution in [0.15, 0.2) is 0 Å². The molecule has 9 nitrogen and oxygen atoms in total. The predicted octanol–water partition coefficient (Wildman–Crippen LogP) is -0.871. The minimum Gasteiger partial charge on any atom is -0.480 e. The second-order valence-electron chi connectivity index (χ2n) is 5.83. The summed E-state index contributed by atoms with van der Waals surface area (Å²) in [6, 6.07) is -0.317. The molecule has 2 heterocycles. The van der Waals surface area contributed by atoms with Crippen molar-refractivity contribution in [2.75, 3.05) is 45.2 Å². The van der Waals surface area contributed by atoms with Gasteiger partial charge in [-0.25, -0.2) is 12.7 Å². The number of ether oxygens (including phenoxy) is 2. The fourth-order valence-corrected chi connectivity index (χ4v) is 4.09. The summed E-state index contributed by atoms with van der Waals surface area (Å²) < 4.78 is 35.8. The fraction of sp³-hybridized carbons (Fsp3) is 0.857. The Morgan fingerprint density at radius 1 is 1.25 bits per heavy atom. The summed E-state index contributed by atoms with van der Waals surface area (Å²) in [6.07, 6.45) is 0.0213. The zero-order chi connectivity index (χ0) is 17.7. The van der Waals surface area contributed by atoms with Crippen molar-refractivity contribution in [3.8, 4) is 0 Å². The maximum atomic E-state index is 12.6. The lowest BCUT2D eigenvalue weighted by atomic mass is 10.0. The van der Waals surface area contributed by atoms with E-state index in [1.165, 1.54) is 9.21 Å². The average molecular weight is 364 g/mol. The molecular formula is C14H24N2O7S. The van der Waals surface area contributed by atoms with Gasteiger partial charge in [0.2, 0.25) is 10.0 Å². The van der Waals surface area contributed by atoms with Crippen LogP contribution in [0.25, 0.3) is 0 Å². The second kappa shape index (κ2) is 8.24. The zero-order valence-corrected chi connectivity index (χ0v) is 14.5. The molecule has 1 atom stereocenters. The molecule has 0 aromatic heterocycles. The Morgan fingerprint density at radius 3 is 2.42 bits per heavy atom. The lowest BCUT2D eigenvalue weighted by Gasteiger charge is -2.39. The predicted molar refractivity (Wildman–Crippen MR) is 84.0 cm³/mol. The monoisotopic (exact) mass is 364 g/mol. The number of carbonyl (C=O) groups is 2. The molecule has 10 heteroatoms. The van der Waals surface area contributed by atoms with E-state index in [4.69, 9.17) is 14.6 Å². The molecule has 1 amide bonds. The highest BCUT2D eigenvalue weighted by Gasteiger charge is 2.36. The molecule has 1 unspecified atom stereocenters. The van der Waals surface area contributed by atoms with Crippen LogP contribution in [0, 0.1) is 0 Å². The molecule has 2 aliphatic heterocycles. The maximum absolute atomic E-state index is 12.6. The highest BCUT2D eigenvalue weighted by Crippen LogP contribution is 2.21. The van der Waals surface area contributed by atoms with Crippen LogP contribution in [-0.4, -0.2) is 92.0 Å². The first-order chi connectivity index (χ1) is 11.3. The van der Waals surface area contributed by atoms with Gasteiger partial charge in [-0.15, -0.1) is 0 Å². The highest BCUT2D eigenvalue weighted by molar-refractivity contribution is 7.89. The van der Waals surface area contributed by atoms with Crippen LogP contribution in [0.3, 0.4) is 0 Å². The topological polar surface area (TPSA) is 113 Å². The largest absolute Gasteiger partial charge is 0.480 e. The van der Waals surface area contributed by atoms with Gasteiger partial charge in [0, 0.05) is 19.1 Å². The van der Waals surface area contributed by atoms with Crippen LogP contribution in [0.4, 0.5) is 0 Å². The van der Waals surface area contributed by atoms with Gasteiger partial charge in [0.25, 0.3) is 5.91 Å². The summed E-state index contributed by atoms with van der Waals surface area (Å²) in [6.45, 7) is 2.54. The van der Waals surface area contributed by atoms with Crippen molar-refractivity contribution >= 4 is 21.9 Å². The van der Waals surface area contributed by atoms with Gasteiger partial charge in [0.1, 0.15) is 6.54 Å². The SMILES string of the molecule is CCS(=O)(=O)N1CCC(N(CC(=O)O)C(=O)C2COCCO2)CC1. The Bertz CT molecular complexity index is 551. The van der Waals surface area contributed by atoms with Crippen molar-refractivity contribution in [2.45, 2.75) is 31.9 Å². The first-order valence-electron chi connectivity index (χ1n) is 8.04. The number of sulfonamides is 1. The van der Waals surface area contributed by atoms with E-state index < -0.39 is 34.5 Å². The van der Waals surface area contributed by atoms with Crippen molar-refractivity contribution in [1.82, 2.24) is 9.21 Å². The van der Waals surface area contributed by atoms with E-state index in [0.29, 0.717) is 26.1 Å². The quantitative estimate of drug-likeness (QED) is 0.652. The molecule has 138 valence electrons. The maximum Gasteiger partial charge on any atom is 0.323 e. The molecule has 0 aromatic carbocycles. The molecule has 2 rings (SSSR count). The van der Waals surface area contributed by atoms with Gasteiger partial charge in [0.15, 0.2) is 6.10 Å². The summed E-state index contributed by atoms with van der Waals surface area (Å²) in [7, 11) is -3.27. The van der Waals surface area contributed by atoms with Crippen LogP contribution in [0.1, 0.15) is 19.8 Å². The van der Waals surface area contributed by atoms with Crippen LogP contribution in [0.2, 0.25) is 0 Å². The van der Waals surface area contributed by atoms with Crippen molar-refractivity contribution in [3.63, 3.8) is 0 Å². The van der Waals surface area contributed by atoms with E-state index in [2.05, 4.69) is 0 Å². The van der Waals surface area contributed by atoms with E-state index in [1.54, 1.807) is 6.92 Å². The van der Waals surface area contributed by atoms with Gasteiger partial charge in [-0.1, -0.05) is 0 Å². The number of piperidine rings is 1. The molecule has 2 aliphatic rings. The number of aliphatic carboxylic acids is 1. The van der Waals surface area contributed by atoms with Gasteiger partial charge in [-0.3, -0.25) is 9.59 Å². The Labute approximate surface area is 141 Å². The first kappa shape index (κ1) is 19.1. The standard InChI is InChI=1S/C14H24N2O7S/c1-2-24(20,21)15-5-3-11(4-6-15)16(9-13(17)18)14(19)12-10-22-7-8-23-12/h11-12H,2-10H2,1H3,(H,17,18). The summed E-state index contributed by atoms with van der Waals surface area (Å²) >= 11 is 0. The molecule has 1 N–H and O–H groups in total. The Morgan fingerprint density at radius 2 is 1.92 bits per heavy atom. The van der Waals surface area contributed by atoms with Crippen molar-refractivity contribution in [1.29, 1.82) is 0 Å². The lowest BCUT2D eigenvalue weighted by molar-refractivity contribution is -0.164. The van der Waals surface area contributed by atoms with Crippen LogP contribution < -0.4 is 0 Å². The summed E-state index contributed by atoms with van der Waals surface area (Å²) in [5, 5.41) is 9.11. The van der Waals surface area contributed by atoms with Crippen LogP contribution in [0.5, 0.6) is 0 Å². The molecular weight excluding hydrogens is 340 g/mol. The van der Waals surface area contributed by atoms with E-state index in [9.17, 15) is 18.0 Å². The Kier molecular flexibility index (Phi) is 6.55. The third-order valence-electron chi connectivity index (χ3n) is 4.30. The zero-order valence-electron chi connectivity index (χ0n) is 13.7. The molecule has 2 saturated heterocycles. The molecule has 0 bridgehead atoms. The first-order valence-corrected chi connectivity index (χ1v) is 9.65. The van der Waals surface area contributed by atoms with Crippen LogP contribution >= 0.6 is 0 Å². The Balaban J connectivity index is 2.03. The lowest BCUT2D eigenvalue weighted by Crippen LogP contribution is -2.54. The third kappa shape index (κ3) is 4.65. The molecule has 0 saturated carbocycles. The molecule has 0 radical (unpaired) electrons. The molecule has 0 spiro atoms. The minimum absolute atomic E-state index is 0.0304. The van der Waals surface area contributed by atoms with Crippen molar-refractivity contribution < 1.29 is 32.6 Å². The Hall–Kier alpha value is -1.23. The normalized spacial score (nSPS) is 23.8. The van der Waals surface area contributed by atoms with Gasteiger partial charge < -0.3 is 19.5 Å². The number of carboxylic acids is 1. The summed E-state index contributed by atoms with van der Waals surface area (Å²) in [5.74, 6) is -1.49. The van der Waals surface area contributed by atoms with Gasteiger partial charge in [0.05, 0.1) is 25.6 Å². The molecule has 0 aliphatic carbocycles. The number of hydrogen-bond donors (Lipinski definition) is 1. The van der Waals surface area contributed by atoms with Crippen molar-refractivity contribution in [2.24, 2.45) is 0 Å². The summed E-state index contributed by atoms with van der Waals surface area (Å²) in [5.41, 5.74) is 0. The van der Waals surface area contributed by atoms with Gasteiger partial charge in [-0.05, 0) is 19.8 Å². The molecule has 0 aromatic rings. The third-order valence-corrected chi connectivity index (χ3v) is 6.18. The van der Waals surface area contributed by atoms with E-state index in [1.807, 2.05) is 0 Å². The van der Waals surface area contributed by atoms with E-state index in [0.717, 1.165) is 0 Å². The number of carbonyl (C=O) groups excluding carboxylic acids is 1. The van der Waals surface area contributed by atoms with E-state index in [-0.39, 0.29) is 31.5 Å². The number of hydrogen-bond acceptors (Lipinski definition) is 6. The van der Waals surface area contributed by atoms with Gasteiger partial charge >= 0.3 is 5.97 Å². The van der Waals surface area contributed by atoms with Crippen LogP contribution in [-0.2, 0) is 29.1 Å². The number of carboxylic acid groups (broad SMARTS) is 1. The minimum atomic E-state index is -3.27. The van der Waals surface area contributed by atoms with E-state index >= 15 is 0 Å². The van der Waals surface area contributed by atoms with Gasteiger partial charge in [-0.2, -0.15) is 0 Å². The molecule has 2 fully saturated rings. The molecule has 24 heavy (non-hydrogen) atoms. The fourth-order valence-electron chi connectivity index (χ4n) is 2.96. The second-order valence-corrected chi connectivity index (χ2v) is 8.08. The number of nitrogens with zero attached hydrogens (tertiary/aromatic N) is 2. The smallest absolute Gasteiger partial charge is 0.323 e. The van der Waals surface area contributed by atoms with Crippen molar-refractivity contribution in [3.05, 3.63) is 0 Å². The number of amides is 1. The average Bonchev–Trinajstić information content (AvgIpc) is 2.60.